The maximum atomic E-state index is 12.4. The monoisotopic (exact) mass is 342 g/mol. The number of hydrogen-bond donors (Lipinski definition) is 2. The van der Waals surface area contributed by atoms with Crippen LogP contribution >= 0.6 is 0 Å². The summed E-state index contributed by atoms with van der Waals surface area (Å²) in [5.41, 5.74) is 0.592. The summed E-state index contributed by atoms with van der Waals surface area (Å²) < 4.78 is 41.2. The molecule has 3 rings (SSSR count). The number of para-hydroxylation sites is 1. The average Bonchev–Trinajstić information content (AvgIpc) is 3.21. The molecule has 1 aliphatic heterocycles. The third-order valence-electron chi connectivity index (χ3n) is 5.00. The van der Waals surface area contributed by atoms with Crippen LogP contribution in [0, 0.1) is 11.3 Å². The quantitative estimate of drug-likeness (QED) is 0.865. The van der Waals surface area contributed by atoms with Crippen LogP contribution in [0.4, 0.5) is 13.2 Å². The molecule has 1 spiro atoms. The van der Waals surface area contributed by atoms with Gasteiger partial charge in [0.1, 0.15) is 5.75 Å². The number of rotatable bonds is 5. The average molecular weight is 342 g/mol. The van der Waals surface area contributed by atoms with Crippen LogP contribution in [0.5, 0.6) is 5.75 Å². The molecule has 2 N–H and O–H groups in total. The van der Waals surface area contributed by atoms with Gasteiger partial charge in [0.05, 0.1) is 0 Å². The van der Waals surface area contributed by atoms with Crippen molar-refractivity contribution in [2.24, 2.45) is 11.3 Å². The van der Waals surface area contributed by atoms with Crippen molar-refractivity contribution in [3.05, 3.63) is 29.8 Å². The lowest BCUT2D eigenvalue weighted by Gasteiger charge is -2.23. The van der Waals surface area contributed by atoms with E-state index in [4.69, 9.17) is 0 Å². The summed E-state index contributed by atoms with van der Waals surface area (Å²) in [5.74, 6) is -0.132. The molecule has 1 unspecified atom stereocenters. The maximum Gasteiger partial charge on any atom is 0.573 e. The van der Waals surface area contributed by atoms with Crippen LogP contribution in [0.15, 0.2) is 24.3 Å². The van der Waals surface area contributed by atoms with E-state index in [1.807, 2.05) is 0 Å². The van der Waals surface area contributed by atoms with Gasteiger partial charge in [0.15, 0.2) is 0 Å². The van der Waals surface area contributed by atoms with E-state index in [2.05, 4.69) is 15.4 Å². The molecule has 1 heterocycles. The van der Waals surface area contributed by atoms with Gasteiger partial charge in [-0.25, -0.2) is 0 Å². The van der Waals surface area contributed by atoms with E-state index < -0.39 is 6.36 Å². The summed E-state index contributed by atoms with van der Waals surface area (Å²) in [6, 6.07) is 6.02. The number of carbonyl (C=O) groups excluding carboxylic acids is 1. The summed E-state index contributed by atoms with van der Waals surface area (Å²) in [6.07, 6.45) is -1.44. The lowest BCUT2D eigenvalue weighted by atomic mass is 9.92. The van der Waals surface area contributed by atoms with Crippen molar-refractivity contribution in [3.8, 4) is 5.75 Å². The number of hydrogen-bond acceptors (Lipinski definition) is 3. The van der Waals surface area contributed by atoms with Crippen LogP contribution in [0.3, 0.4) is 0 Å². The zero-order valence-corrected chi connectivity index (χ0v) is 13.3. The maximum absolute atomic E-state index is 12.4. The number of alkyl halides is 3. The summed E-state index contributed by atoms with van der Waals surface area (Å²) in [4.78, 5) is 12.2. The Morgan fingerprint density at radius 1 is 1.29 bits per heavy atom. The smallest absolute Gasteiger partial charge is 0.406 e. The molecule has 24 heavy (non-hydrogen) atoms. The highest BCUT2D eigenvalue weighted by Gasteiger charge is 2.57. The number of benzene rings is 1. The highest BCUT2D eigenvalue weighted by molar-refractivity contribution is 5.82. The Balaban J connectivity index is 1.49. The molecule has 0 radical (unpaired) electrons. The van der Waals surface area contributed by atoms with Crippen molar-refractivity contribution in [2.75, 3.05) is 19.6 Å². The molecule has 1 aliphatic carbocycles. The topological polar surface area (TPSA) is 50.4 Å². The van der Waals surface area contributed by atoms with Crippen LogP contribution in [-0.4, -0.2) is 31.9 Å². The van der Waals surface area contributed by atoms with Crippen molar-refractivity contribution in [3.63, 3.8) is 0 Å². The minimum absolute atomic E-state index is 0.0196. The molecule has 0 bridgehead atoms. The number of carbonyl (C=O) groups is 1. The van der Waals surface area contributed by atoms with E-state index >= 15 is 0 Å². The number of amides is 1. The molecule has 1 saturated heterocycles. The van der Waals surface area contributed by atoms with Gasteiger partial charge in [-0.15, -0.1) is 13.2 Å². The Kier molecular flexibility index (Phi) is 4.71. The first-order valence-corrected chi connectivity index (χ1v) is 8.22. The minimum atomic E-state index is -4.71. The first kappa shape index (κ1) is 17.1. The molecular weight excluding hydrogens is 321 g/mol. The van der Waals surface area contributed by atoms with Crippen molar-refractivity contribution in [2.45, 2.75) is 32.0 Å². The van der Waals surface area contributed by atoms with Gasteiger partial charge < -0.3 is 15.4 Å². The van der Waals surface area contributed by atoms with Crippen LogP contribution in [-0.2, 0) is 11.2 Å². The molecule has 1 amide bonds. The molecule has 132 valence electrons. The van der Waals surface area contributed by atoms with E-state index in [9.17, 15) is 18.0 Å². The van der Waals surface area contributed by atoms with Gasteiger partial charge in [0, 0.05) is 12.5 Å². The highest BCUT2D eigenvalue weighted by Crippen LogP contribution is 2.58. The Hall–Kier alpha value is -1.76. The highest BCUT2D eigenvalue weighted by atomic mass is 19.4. The van der Waals surface area contributed by atoms with E-state index in [0.29, 0.717) is 18.5 Å². The van der Waals surface area contributed by atoms with Gasteiger partial charge >= 0.3 is 6.36 Å². The van der Waals surface area contributed by atoms with Crippen molar-refractivity contribution >= 4 is 5.91 Å². The van der Waals surface area contributed by atoms with E-state index in [0.717, 1.165) is 32.4 Å². The first-order valence-electron chi connectivity index (χ1n) is 8.22. The second-order valence-corrected chi connectivity index (χ2v) is 6.57. The molecular formula is C17H21F3N2O2. The molecule has 1 saturated carbocycles. The largest absolute Gasteiger partial charge is 0.573 e. The van der Waals surface area contributed by atoms with E-state index in [-0.39, 0.29) is 23.0 Å². The summed E-state index contributed by atoms with van der Waals surface area (Å²) in [6.45, 7) is 2.21. The first-order chi connectivity index (χ1) is 11.4. The zero-order valence-electron chi connectivity index (χ0n) is 13.3. The number of nitrogens with one attached hydrogen (secondary N) is 2. The summed E-state index contributed by atoms with van der Waals surface area (Å²) in [7, 11) is 0. The van der Waals surface area contributed by atoms with Gasteiger partial charge in [-0.1, -0.05) is 18.2 Å². The van der Waals surface area contributed by atoms with Crippen LogP contribution in [0.1, 0.15) is 24.8 Å². The minimum Gasteiger partial charge on any atom is -0.406 e. The summed E-state index contributed by atoms with van der Waals surface area (Å²) >= 11 is 0. The second kappa shape index (κ2) is 6.63. The Morgan fingerprint density at radius 3 is 2.71 bits per heavy atom. The van der Waals surface area contributed by atoms with Gasteiger partial charge in [-0.3, -0.25) is 4.79 Å². The predicted molar refractivity (Wildman–Crippen MR) is 82.5 cm³/mol. The Labute approximate surface area is 138 Å². The van der Waals surface area contributed by atoms with Crippen molar-refractivity contribution in [1.82, 2.24) is 10.6 Å². The van der Waals surface area contributed by atoms with Gasteiger partial charge in [0.25, 0.3) is 0 Å². The standard InChI is InChI=1S/C17H21F3N2O2/c18-17(19,20)24-14-4-2-1-3-12(14)5-8-22-15(23)13-11-16(13)6-9-21-10-7-16/h1-4,13,21H,5-11H2,(H,22,23). The molecule has 1 aromatic rings. The second-order valence-electron chi connectivity index (χ2n) is 6.57. The van der Waals surface area contributed by atoms with Crippen molar-refractivity contribution in [1.29, 1.82) is 0 Å². The number of ether oxygens (including phenoxy) is 1. The lowest BCUT2D eigenvalue weighted by Crippen LogP contribution is -2.34. The van der Waals surface area contributed by atoms with Gasteiger partial charge in [-0.2, -0.15) is 0 Å². The Morgan fingerprint density at radius 2 is 2.00 bits per heavy atom. The third-order valence-corrected chi connectivity index (χ3v) is 5.00. The van der Waals surface area contributed by atoms with Crippen LogP contribution < -0.4 is 15.4 Å². The zero-order chi connectivity index (χ0) is 17.2. The fourth-order valence-electron chi connectivity index (χ4n) is 3.57. The summed E-state index contributed by atoms with van der Waals surface area (Å²) in [5, 5.41) is 6.15. The van der Waals surface area contributed by atoms with Crippen molar-refractivity contribution < 1.29 is 22.7 Å². The fourth-order valence-corrected chi connectivity index (χ4v) is 3.57. The molecule has 7 heteroatoms. The molecule has 1 aromatic carbocycles. The molecule has 0 aromatic heterocycles. The van der Waals surface area contributed by atoms with Gasteiger partial charge in [0.2, 0.25) is 5.91 Å². The number of halogens is 3. The molecule has 1 atom stereocenters. The predicted octanol–water partition coefficient (Wildman–Crippen LogP) is 2.63. The van der Waals surface area contributed by atoms with Gasteiger partial charge in [-0.05, 0) is 55.8 Å². The van der Waals surface area contributed by atoms with E-state index in [1.54, 1.807) is 12.1 Å². The SMILES string of the molecule is O=C(NCCc1ccccc1OC(F)(F)F)C1CC12CCNCC2. The normalized spacial score (nSPS) is 22.2. The number of piperidine rings is 1. The molecule has 4 nitrogen and oxygen atoms in total. The van der Waals surface area contributed by atoms with E-state index in [1.165, 1.54) is 12.1 Å². The van der Waals surface area contributed by atoms with Crippen LogP contribution in [0.2, 0.25) is 0 Å². The Bertz CT molecular complexity index is 598. The fraction of sp³-hybridized carbons (Fsp3) is 0.588. The third kappa shape index (κ3) is 4.01. The molecule has 2 fully saturated rings. The molecule has 2 aliphatic rings. The van der Waals surface area contributed by atoms with Crippen LogP contribution in [0.25, 0.3) is 0 Å². The lowest BCUT2D eigenvalue weighted by molar-refractivity contribution is -0.274.